The number of pyridine rings is 1. The van der Waals surface area contributed by atoms with E-state index < -0.39 is 5.41 Å². The molecule has 0 aliphatic carbocycles. The van der Waals surface area contributed by atoms with E-state index in [1.54, 1.807) is 33.2 Å². The molecule has 1 heterocycles. The van der Waals surface area contributed by atoms with Crippen molar-refractivity contribution in [3.8, 4) is 0 Å². The molecule has 6 nitrogen and oxygen atoms in total. The summed E-state index contributed by atoms with van der Waals surface area (Å²) in [7, 11) is 1.58. The van der Waals surface area contributed by atoms with Gasteiger partial charge < -0.3 is 16.0 Å². The van der Waals surface area contributed by atoms with Gasteiger partial charge in [-0.2, -0.15) is 0 Å². The van der Waals surface area contributed by atoms with Crippen molar-refractivity contribution in [2.24, 2.45) is 5.41 Å². The first-order chi connectivity index (χ1) is 9.92. The number of rotatable bonds is 7. The molecule has 1 aromatic heterocycles. The van der Waals surface area contributed by atoms with E-state index in [0.29, 0.717) is 5.56 Å². The number of carbonyl (C=O) groups is 2. The second kappa shape index (κ2) is 7.61. The van der Waals surface area contributed by atoms with Crippen LogP contribution in [0.25, 0.3) is 0 Å². The van der Waals surface area contributed by atoms with Gasteiger partial charge in [0, 0.05) is 32.5 Å². The molecule has 0 aliphatic rings. The average Bonchev–Trinajstić information content (AvgIpc) is 2.50. The third kappa shape index (κ3) is 4.73. The van der Waals surface area contributed by atoms with Crippen LogP contribution in [-0.2, 0) is 4.79 Å². The highest BCUT2D eigenvalue weighted by molar-refractivity contribution is 5.99. The summed E-state index contributed by atoms with van der Waals surface area (Å²) in [6, 6.07) is 1.77. The first kappa shape index (κ1) is 16.9. The van der Waals surface area contributed by atoms with Gasteiger partial charge in [0.25, 0.3) is 5.91 Å². The predicted molar refractivity (Wildman–Crippen MR) is 83.2 cm³/mol. The van der Waals surface area contributed by atoms with Crippen molar-refractivity contribution < 1.29 is 9.59 Å². The molecule has 0 radical (unpaired) electrons. The molecule has 0 saturated heterocycles. The highest BCUT2D eigenvalue weighted by atomic mass is 16.2. The Morgan fingerprint density at radius 1 is 1.33 bits per heavy atom. The Kier molecular flexibility index (Phi) is 6.14. The van der Waals surface area contributed by atoms with Gasteiger partial charge in [-0.3, -0.25) is 14.6 Å². The lowest BCUT2D eigenvalue weighted by atomic mass is 9.92. The lowest BCUT2D eigenvalue weighted by Gasteiger charge is -2.23. The second-order valence-electron chi connectivity index (χ2n) is 5.49. The fourth-order valence-corrected chi connectivity index (χ4v) is 1.80. The predicted octanol–water partition coefficient (Wildman–Crippen LogP) is 1.41. The van der Waals surface area contributed by atoms with Crippen LogP contribution in [0.1, 0.15) is 37.6 Å². The van der Waals surface area contributed by atoms with Gasteiger partial charge >= 0.3 is 0 Å². The third-order valence-corrected chi connectivity index (χ3v) is 3.16. The third-order valence-electron chi connectivity index (χ3n) is 3.16. The molecular weight excluding hydrogens is 268 g/mol. The number of anilines is 1. The quantitative estimate of drug-likeness (QED) is 0.709. The first-order valence-corrected chi connectivity index (χ1v) is 7.10. The molecule has 0 unspecified atom stereocenters. The van der Waals surface area contributed by atoms with Crippen LogP contribution < -0.4 is 16.0 Å². The molecule has 0 bridgehead atoms. The van der Waals surface area contributed by atoms with Crippen LogP contribution in [0.2, 0.25) is 0 Å². The summed E-state index contributed by atoms with van der Waals surface area (Å²) in [6.07, 6.45) is 4.14. The fourth-order valence-electron chi connectivity index (χ4n) is 1.80. The molecule has 6 heteroatoms. The van der Waals surface area contributed by atoms with Crippen LogP contribution in [-0.4, -0.2) is 36.9 Å². The van der Waals surface area contributed by atoms with Gasteiger partial charge in [0.15, 0.2) is 0 Å². The highest BCUT2D eigenvalue weighted by Gasteiger charge is 2.27. The Balaban J connectivity index is 2.74. The summed E-state index contributed by atoms with van der Waals surface area (Å²) < 4.78 is 0. The summed E-state index contributed by atoms with van der Waals surface area (Å²) in [5.74, 6) is -0.350. The number of aromatic nitrogens is 1. The SMILES string of the molecule is CCCNc1ccncc1C(=O)NCC(C)(C)C(=O)NC. The second-order valence-corrected chi connectivity index (χ2v) is 5.49. The van der Waals surface area contributed by atoms with Crippen LogP contribution in [0, 0.1) is 5.41 Å². The molecule has 0 saturated carbocycles. The van der Waals surface area contributed by atoms with Gasteiger partial charge in [-0.05, 0) is 26.3 Å². The monoisotopic (exact) mass is 292 g/mol. The topological polar surface area (TPSA) is 83.1 Å². The van der Waals surface area contributed by atoms with E-state index >= 15 is 0 Å². The van der Waals surface area contributed by atoms with Crippen molar-refractivity contribution in [3.63, 3.8) is 0 Å². The number of hydrogen-bond donors (Lipinski definition) is 3. The van der Waals surface area contributed by atoms with Crippen LogP contribution in [0.15, 0.2) is 18.5 Å². The maximum Gasteiger partial charge on any atom is 0.254 e. The normalized spacial score (nSPS) is 10.9. The molecule has 21 heavy (non-hydrogen) atoms. The number of carbonyl (C=O) groups excluding carboxylic acids is 2. The molecule has 0 spiro atoms. The van der Waals surface area contributed by atoms with Crippen LogP contribution in [0.3, 0.4) is 0 Å². The molecule has 0 aromatic carbocycles. The summed E-state index contributed by atoms with van der Waals surface area (Å²) in [5, 5.41) is 8.58. The maximum absolute atomic E-state index is 12.3. The van der Waals surface area contributed by atoms with Crippen molar-refractivity contribution in [3.05, 3.63) is 24.0 Å². The average molecular weight is 292 g/mol. The first-order valence-electron chi connectivity index (χ1n) is 7.10. The molecule has 0 atom stereocenters. The highest BCUT2D eigenvalue weighted by Crippen LogP contribution is 2.16. The van der Waals surface area contributed by atoms with Crippen LogP contribution >= 0.6 is 0 Å². The molecule has 1 aromatic rings. The minimum absolute atomic E-state index is 0.113. The summed E-state index contributed by atoms with van der Waals surface area (Å²) in [6.45, 7) is 6.67. The van der Waals surface area contributed by atoms with Crippen molar-refractivity contribution >= 4 is 17.5 Å². The summed E-state index contributed by atoms with van der Waals surface area (Å²) in [5.41, 5.74) is 0.574. The van der Waals surface area contributed by atoms with E-state index in [-0.39, 0.29) is 18.4 Å². The number of nitrogens with zero attached hydrogens (tertiary/aromatic N) is 1. The maximum atomic E-state index is 12.3. The fraction of sp³-hybridized carbons (Fsp3) is 0.533. The zero-order chi connectivity index (χ0) is 15.9. The summed E-state index contributed by atoms with van der Waals surface area (Å²) in [4.78, 5) is 28.0. The van der Waals surface area contributed by atoms with Gasteiger partial charge in [0.2, 0.25) is 5.91 Å². The van der Waals surface area contributed by atoms with Crippen LogP contribution in [0.5, 0.6) is 0 Å². The van der Waals surface area contributed by atoms with Crippen molar-refractivity contribution in [1.29, 1.82) is 0 Å². The lowest BCUT2D eigenvalue weighted by molar-refractivity contribution is -0.128. The molecular formula is C15H24N4O2. The van der Waals surface area contributed by atoms with E-state index in [4.69, 9.17) is 0 Å². The van der Waals surface area contributed by atoms with E-state index in [1.165, 1.54) is 6.20 Å². The molecule has 0 fully saturated rings. The number of nitrogens with one attached hydrogen (secondary N) is 3. The van der Waals surface area contributed by atoms with Gasteiger partial charge in [0.05, 0.1) is 16.7 Å². The zero-order valence-corrected chi connectivity index (χ0v) is 13.1. The van der Waals surface area contributed by atoms with Gasteiger partial charge in [-0.25, -0.2) is 0 Å². The minimum atomic E-state index is -0.663. The number of amides is 2. The van der Waals surface area contributed by atoms with E-state index in [0.717, 1.165) is 18.7 Å². The lowest BCUT2D eigenvalue weighted by Crippen LogP contribution is -2.43. The Bertz CT molecular complexity index is 500. The zero-order valence-electron chi connectivity index (χ0n) is 13.1. The van der Waals surface area contributed by atoms with Gasteiger partial charge in [0.1, 0.15) is 0 Å². The van der Waals surface area contributed by atoms with E-state index in [1.807, 2.05) is 0 Å². The van der Waals surface area contributed by atoms with E-state index in [2.05, 4.69) is 27.9 Å². The molecule has 1 rings (SSSR count). The molecule has 0 aliphatic heterocycles. The Morgan fingerprint density at radius 3 is 2.67 bits per heavy atom. The molecule has 2 amide bonds. The smallest absolute Gasteiger partial charge is 0.254 e. The van der Waals surface area contributed by atoms with Crippen molar-refractivity contribution in [2.75, 3.05) is 25.5 Å². The van der Waals surface area contributed by atoms with Gasteiger partial charge in [-0.1, -0.05) is 6.92 Å². The van der Waals surface area contributed by atoms with Crippen LogP contribution in [0.4, 0.5) is 5.69 Å². The Morgan fingerprint density at radius 2 is 2.05 bits per heavy atom. The Labute approximate surface area is 125 Å². The van der Waals surface area contributed by atoms with E-state index in [9.17, 15) is 9.59 Å². The molecule has 116 valence electrons. The largest absolute Gasteiger partial charge is 0.384 e. The summed E-state index contributed by atoms with van der Waals surface area (Å²) >= 11 is 0. The van der Waals surface area contributed by atoms with Gasteiger partial charge in [-0.15, -0.1) is 0 Å². The minimum Gasteiger partial charge on any atom is -0.384 e. The number of hydrogen-bond acceptors (Lipinski definition) is 4. The van der Waals surface area contributed by atoms with Crippen molar-refractivity contribution in [1.82, 2.24) is 15.6 Å². The van der Waals surface area contributed by atoms with Crippen molar-refractivity contribution in [2.45, 2.75) is 27.2 Å². The standard InChI is InChI=1S/C15H24N4O2/c1-5-7-18-12-6-8-17-9-11(12)13(20)19-10-15(2,3)14(21)16-4/h6,8-9H,5,7,10H2,1-4H3,(H,16,21)(H,17,18)(H,19,20). The molecule has 3 N–H and O–H groups in total. The Hall–Kier alpha value is -2.11.